The molecule has 0 spiro atoms. The molecule has 3 rings (SSSR count). The minimum atomic E-state index is -0.170. The van der Waals surface area contributed by atoms with Crippen molar-refractivity contribution in [1.29, 1.82) is 0 Å². The second kappa shape index (κ2) is 9.00. The summed E-state index contributed by atoms with van der Waals surface area (Å²) < 4.78 is 11.9. The van der Waals surface area contributed by atoms with Gasteiger partial charge in [-0.2, -0.15) is 5.10 Å². The standard InChI is InChI=1S/C21H23N3O3/c1-26-14-6-13-22-21(25)20-15-19(16-7-4-3-5-8-16)23-24(20)17-9-11-18(27-2)12-10-17/h3-5,7-12,15H,6,13-14H2,1-2H3,(H,22,25). The zero-order valence-corrected chi connectivity index (χ0v) is 15.5. The Balaban J connectivity index is 1.93. The largest absolute Gasteiger partial charge is 0.497 e. The molecule has 0 aliphatic rings. The van der Waals surface area contributed by atoms with E-state index in [9.17, 15) is 4.79 Å². The molecule has 1 amide bonds. The number of benzene rings is 2. The van der Waals surface area contributed by atoms with Crippen LogP contribution in [0, 0.1) is 0 Å². The van der Waals surface area contributed by atoms with Crippen LogP contribution in [0.1, 0.15) is 16.9 Å². The van der Waals surface area contributed by atoms with Crippen LogP contribution < -0.4 is 10.1 Å². The molecule has 0 unspecified atom stereocenters. The normalized spacial score (nSPS) is 10.6. The first-order valence-electron chi connectivity index (χ1n) is 8.80. The number of rotatable bonds is 8. The van der Waals surface area contributed by atoms with Crippen molar-refractivity contribution in [2.24, 2.45) is 0 Å². The molecule has 6 nitrogen and oxygen atoms in total. The van der Waals surface area contributed by atoms with Crippen LogP contribution in [0.25, 0.3) is 16.9 Å². The first kappa shape index (κ1) is 18.7. The Labute approximate surface area is 158 Å². The highest BCUT2D eigenvalue weighted by Crippen LogP contribution is 2.23. The van der Waals surface area contributed by atoms with Crippen LogP contribution in [0.5, 0.6) is 5.75 Å². The molecule has 1 heterocycles. The van der Waals surface area contributed by atoms with Crippen molar-refractivity contribution in [3.05, 3.63) is 66.4 Å². The van der Waals surface area contributed by atoms with Crippen molar-refractivity contribution < 1.29 is 14.3 Å². The molecule has 0 saturated heterocycles. The van der Waals surface area contributed by atoms with E-state index < -0.39 is 0 Å². The SMILES string of the molecule is COCCCNC(=O)c1cc(-c2ccccc2)nn1-c1ccc(OC)cc1. The van der Waals surface area contributed by atoms with Gasteiger partial charge in [0, 0.05) is 25.8 Å². The number of hydrogen-bond acceptors (Lipinski definition) is 4. The van der Waals surface area contributed by atoms with Crippen LogP contribution in [0.4, 0.5) is 0 Å². The summed E-state index contributed by atoms with van der Waals surface area (Å²) in [5, 5.41) is 7.59. The van der Waals surface area contributed by atoms with Gasteiger partial charge in [0.05, 0.1) is 18.5 Å². The molecule has 0 saturated carbocycles. The highest BCUT2D eigenvalue weighted by molar-refractivity contribution is 5.94. The van der Waals surface area contributed by atoms with Gasteiger partial charge in [0.15, 0.2) is 0 Å². The van der Waals surface area contributed by atoms with Crippen LogP contribution >= 0.6 is 0 Å². The van der Waals surface area contributed by atoms with Crippen molar-refractivity contribution in [2.75, 3.05) is 27.4 Å². The average Bonchev–Trinajstić information content (AvgIpc) is 3.17. The summed E-state index contributed by atoms with van der Waals surface area (Å²) in [5.41, 5.74) is 2.98. The maximum absolute atomic E-state index is 12.7. The van der Waals surface area contributed by atoms with Crippen molar-refractivity contribution in [3.8, 4) is 22.7 Å². The highest BCUT2D eigenvalue weighted by atomic mass is 16.5. The molecule has 0 fully saturated rings. The van der Waals surface area contributed by atoms with E-state index in [1.54, 1.807) is 18.9 Å². The third kappa shape index (κ3) is 4.54. The number of hydrogen-bond donors (Lipinski definition) is 1. The predicted octanol–water partition coefficient (Wildman–Crippen LogP) is 3.31. The zero-order valence-electron chi connectivity index (χ0n) is 15.5. The molecule has 27 heavy (non-hydrogen) atoms. The molecular formula is C21H23N3O3. The molecule has 0 atom stereocenters. The molecule has 0 bridgehead atoms. The summed E-state index contributed by atoms with van der Waals surface area (Å²) in [6.07, 6.45) is 0.754. The van der Waals surface area contributed by atoms with Gasteiger partial charge in [-0.25, -0.2) is 4.68 Å². The summed E-state index contributed by atoms with van der Waals surface area (Å²) in [7, 11) is 3.27. The second-order valence-corrected chi connectivity index (χ2v) is 5.99. The number of methoxy groups -OCH3 is 2. The van der Waals surface area contributed by atoms with Gasteiger partial charge in [0.25, 0.3) is 5.91 Å². The number of amides is 1. The number of carbonyl (C=O) groups excluding carboxylic acids is 1. The molecule has 6 heteroatoms. The number of nitrogens with zero attached hydrogens (tertiary/aromatic N) is 2. The lowest BCUT2D eigenvalue weighted by atomic mass is 10.1. The van der Waals surface area contributed by atoms with Crippen LogP contribution in [0.2, 0.25) is 0 Å². The number of nitrogens with one attached hydrogen (secondary N) is 1. The van der Waals surface area contributed by atoms with Crippen LogP contribution in [-0.2, 0) is 4.74 Å². The third-order valence-corrected chi connectivity index (χ3v) is 4.14. The van der Waals surface area contributed by atoms with Crippen molar-refractivity contribution in [2.45, 2.75) is 6.42 Å². The Morgan fingerprint density at radius 3 is 2.48 bits per heavy atom. The van der Waals surface area contributed by atoms with E-state index in [0.717, 1.165) is 29.1 Å². The quantitative estimate of drug-likeness (QED) is 0.622. The van der Waals surface area contributed by atoms with Gasteiger partial charge in [0.2, 0.25) is 0 Å². The lowest BCUT2D eigenvalue weighted by molar-refractivity contribution is 0.0941. The number of aromatic nitrogens is 2. The average molecular weight is 365 g/mol. The molecule has 1 N–H and O–H groups in total. The van der Waals surface area contributed by atoms with Gasteiger partial charge < -0.3 is 14.8 Å². The fourth-order valence-corrected chi connectivity index (χ4v) is 2.72. The lowest BCUT2D eigenvalue weighted by Gasteiger charge is -2.09. The fraction of sp³-hybridized carbons (Fsp3) is 0.238. The minimum Gasteiger partial charge on any atom is -0.497 e. The minimum absolute atomic E-state index is 0.170. The maximum atomic E-state index is 12.7. The maximum Gasteiger partial charge on any atom is 0.270 e. The van der Waals surface area contributed by atoms with Gasteiger partial charge in [-0.1, -0.05) is 30.3 Å². The van der Waals surface area contributed by atoms with Gasteiger partial charge in [-0.3, -0.25) is 4.79 Å². The summed E-state index contributed by atoms with van der Waals surface area (Å²) in [4.78, 5) is 12.7. The number of carbonyl (C=O) groups is 1. The van der Waals surface area contributed by atoms with E-state index in [2.05, 4.69) is 10.4 Å². The highest BCUT2D eigenvalue weighted by Gasteiger charge is 2.17. The summed E-state index contributed by atoms with van der Waals surface area (Å²) in [5.74, 6) is 0.580. The van der Waals surface area contributed by atoms with Gasteiger partial charge >= 0.3 is 0 Å². The van der Waals surface area contributed by atoms with Gasteiger partial charge in [0.1, 0.15) is 11.4 Å². The Kier molecular flexibility index (Phi) is 6.22. The summed E-state index contributed by atoms with van der Waals surface area (Å²) in [6.45, 7) is 1.15. The van der Waals surface area contributed by atoms with E-state index >= 15 is 0 Å². The Morgan fingerprint density at radius 1 is 1.07 bits per heavy atom. The molecule has 0 aliphatic carbocycles. The van der Waals surface area contributed by atoms with E-state index in [-0.39, 0.29) is 5.91 Å². The lowest BCUT2D eigenvalue weighted by Crippen LogP contribution is -2.27. The zero-order chi connectivity index (χ0) is 19.1. The van der Waals surface area contributed by atoms with E-state index in [1.165, 1.54) is 0 Å². The van der Waals surface area contributed by atoms with E-state index in [0.29, 0.717) is 18.8 Å². The molecule has 0 radical (unpaired) electrons. The molecule has 2 aromatic carbocycles. The summed E-state index contributed by atoms with van der Waals surface area (Å²) >= 11 is 0. The Bertz CT molecular complexity index is 873. The Morgan fingerprint density at radius 2 is 1.81 bits per heavy atom. The molecule has 1 aromatic heterocycles. The molecule has 140 valence electrons. The van der Waals surface area contributed by atoms with E-state index in [1.807, 2.05) is 60.7 Å². The topological polar surface area (TPSA) is 65.4 Å². The molecular weight excluding hydrogens is 342 g/mol. The molecule has 0 aliphatic heterocycles. The van der Waals surface area contributed by atoms with Crippen LogP contribution in [-0.4, -0.2) is 43.1 Å². The van der Waals surface area contributed by atoms with Crippen LogP contribution in [0.3, 0.4) is 0 Å². The van der Waals surface area contributed by atoms with Crippen molar-refractivity contribution >= 4 is 5.91 Å². The first-order chi connectivity index (χ1) is 13.2. The summed E-state index contributed by atoms with van der Waals surface area (Å²) in [6, 6.07) is 19.1. The van der Waals surface area contributed by atoms with Gasteiger partial charge in [-0.15, -0.1) is 0 Å². The second-order valence-electron chi connectivity index (χ2n) is 5.99. The third-order valence-electron chi connectivity index (χ3n) is 4.14. The van der Waals surface area contributed by atoms with E-state index in [4.69, 9.17) is 9.47 Å². The molecule has 3 aromatic rings. The van der Waals surface area contributed by atoms with Crippen molar-refractivity contribution in [1.82, 2.24) is 15.1 Å². The Hall–Kier alpha value is -3.12. The smallest absolute Gasteiger partial charge is 0.270 e. The predicted molar refractivity (Wildman–Crippen MR) is 104 cm³/mol. The first-order valence-corrected chi connectivity index (χ1v) is 8.80. The van der Waals surface area contributed by atoms with Crippen LogP contribution in [0.15, 0.2) is 60.7 Å². The number of ether oxygens (including phenoxy) is 2. The van der Waals surface area contributed by atoms with Crippen molar-refractivity contribution in [3.63, 3.8) is 0 Å². The monoisotopic (exact) mass is 365 g/mol. The van der Waals surface area contributed by atoms with Gasteiger partial charge in [-0.05, 0) is 36.8 Å². The fourth-order valence-electron chi connectivity index (χ4n) is 2.72.